The average Bonchev–Trinajstić information content (AvgIpc) is 2.17. The first-order chi connectivity index (χ1) is 7.09. The van der Waals surface area contributed by atoms with Gasteiger partial charge in [-0.25, -0.2) is 0 Å². The molecule has 0 unspecified atom stereocenters. The molecule has 1 rings (SSSR count). The zero-order chi connectivity index (χ0) is 11.3. The Bertz CT molecular complexity index is 344. The molecule has 0 radical (unpaired) electrons. The van der Waals surface area contributed by atoms with E-state index in [-0.39, 0.29) is 5.24 Å². The molecule has 0 aliphatic carbocycles. The predicted molar refractivity (Wildman–Crippen MR) is 66.3 cm³/mol. The first-order valence-corrected chi connectivity index (χ1v) is 6.10. The van der Waals surface area contributed by atoms with E-state index in [0.29, 0.717) is 5.94 Å². The number of ether oxygens (including phenoxy) is 1. The highest BCUT2D eigenvalue weighted by Crippen LogP contribution is 2.19. The molecule has 15 heavy (non-hydrogen) atoms. The fourth-order valence-corrected chi connectivity index (χ4v) is 1.77. The molecule has 82 valence electrons. The molecule has 1 amide bonds. The van der Waals surface area contributed by atoms with E-state index >= 15 is 0 Å². The lowest BCUT2D eigenvalue weighted by Crippen LogP contribution is -2.17. The highest BCUT2D eigenvalue weighted by molar-refractivity contribution is 9.10. The van der Waals surface area contributed by atoms with Gasteiger partial charge in [-0.15, -0.1) is 0 Å². The Hall–Kier alpha value is -0.680. The number of halogens is 1. The summed E-state index contributed by atoms with van der Waals surface area (Å²) in [6.07, 6.45) is 0. The number of rotatable bonds is 3. The van der Waals surface area contributed by atoms with Crippen LogP contribution in [0.5, 0.6) is 5.75 Å². The van der Waals surface area contributed by atoms with Crippen molar-refractivity contribution < 1.29 is 9.53 Å². The Morgan fingerprint density at radius 3 is 2.87 bits per heavy atom. The Balaban J connectivity index is 2.35. The zero-order valence-corrected chi connectivity index (χ0v) is 11.0. The van der Waals surface area contributed by atoms with E-state index < -0.39 is 0 Å². The Morgan fingerprint density at radius 1 is 1.53 bits per heavy atom. The zero-order valence-electron chi connectivity index (χ0n) is 8.57. The van der Waals surface area contributed by atoms with Gasteiger partial charge in [-0.2, -0.15) is 0 Å². The summed E-state index contributed by atoms with van der Waals surface area (Å²) in [5.41, 5.74) is 0. The van der Waals surface area contributed by atoms with E-state index in [9.17, 15) is 4.79 Å². The number of hydrogen-bond acceptors (Lipinski definition) is 3. The molecule has 1 aromatic rings. The fourth-order valence-electron chi connectivity index (χ4n) is 0.834. The molecule has 0 atom stereocenters. The van der Waals surface area contributed by atoms with Crippen LogP contribution in [-0.2, 0) is 0 Å². The van der Waals surface area contributed by atoms with Crippen LogP contribution in [0.2, 0.25) is 0 Å². The molecule has 0 aliphatic rings. The predicted octanol–water partition coefficient (Wildman–Crippen LogP) is 3.20. The van der Waals surface area contributed by atoms with Crippen molar-refractivity contribution in [2.75, 3.05) is 20.0 Å². The minimum absolute atomic E-state index is 0.00926. The number of carbonyl (C=O) groups is 1. The van der Waals surface area contributed by atoms with Gasteiger partial charge in [-0.1, -0.05) is 22.0 Å². The van der Waals surface area contributed by atoms with Crippen LogP contribution >= 0.6 is 27.7 Å². The van der Waals surface area contributed by atoms with Crippen LogP contribution in [0.3, 0.4) is 0 Å². The van der Waals surface area contributed by atoms with Gasteiger partial charge in [-0.3, -0.25) is 4.79 Å². The Labute approximate surface area is 102 Å². The minimum atomic E-state index is -0.00926. The summed E-state index contributed by atoms with van der Waals surface area (Å²) in [6.45, 7) is 0. The summed E-state index contributed by atoms with van der Waals surface area (Å²) < 4.78 is 6.36. The number of thioether (sulfide) groups is 1. The lowest BCUT2D eigenvalue weighted by atomic mass is 10.3. The van der Waals surface area contributed by atoms with Crippen LogP contribution in [0.4, 0.5) is 4.79 Å². The van der Waals surface area contributed by atoms with Gasteiger partial charge in [0.1, 0.15) is 11.7 Å². The average molecular weight is 290 g/mol. The molecule has 3 nitrogen and oxygen atoms in total. The van der Waals surface area contributed by atoms with Gasteiger partial charge in [0.15, 0.2) is 0 Å². The maximum absolute atomic E-state index is 11.2. The minimum Gasteiger partial charge on any atom is -0.482 e. The van der Waals surface area contributed by atoms with Gasteiger partial charge in [0, 0.05) is 18.6 Å². The Morgan fingerprint density at radius 2 is 2.27 bits per heavy atom. The maximum Gasteiger partial charge on any atom is 0.284 e. The van der Waals surface area contributed by atoms with Gasteiger partial charge in [0.2, 0.25) is 0 Å². The number of nitrogens with zero attached hydrogens (tertiary/aromatic N) is 1. The molecule has 0 bridgehead atoms. The third-order valence-corrected chi connectivity index (χ3v) is 2.91. The second-order valence-electron chi connectivity index (χ2n) is 3.02. The van der Waals surface area contributed by atoms with Crippen LogP contribution in [0.25, 0.3) is 0 Å². The SMILES string of the molecule is CN(C)C(=O)SCOc1cccc(Br)c1. The first kappa shape index (κ1) is 12.4. The molecular weight excluding hydrogens is 278 g/mol. The van der Waals surface area contributed by atoms with E-state index in [1.54, 1.807) is 14.1 Å². The van der Waals surface area contributed by atoms with Crippen molar-refractivity contribution in [3.63, 3.8) is 0 Å². The van der Waals surface area contributed by atoms with Crippen molar-refractivity contribution in [2.45, 2.75) is 0 Å². The van der Waals surface area contributed by atoms with Crippen LogP contribution < -0.4 is 4.74 Å². The molecule has 0 heterocycles. The molecule has 0 aliphatic heterocycles. The molecule has 0 aromatic heterocycles. The number of hydrogen-bond donors (Lipinski definition) is 0. The third-order valence-electron chi connectivity index (χ3n) is 1.57. The molecule has 0 saturated carbocycles. The summed E-state index contributed by atoms with van der Waals surface area (Å²) in [4.78, 5) is 12.7. The van der Waals surface area contributed by atoms with Crippen molar-refractivity contribution in [1.82, 2.24) is 4.90 Å². The first-order valence-electron chi connectivity index (χ1n) is 4.32. The summed E-state index contributed by atoms with van der Waals surface area (Å²) in [7, 11) is 3.43. The van der Waals surface area contributed by atoms with E-state index in [2.05, 4.69) is 15.9 Å². The van der Waals surface area contributed by atoms with Crippen molar-refractivity contribution in [2.24, 2.45) is 0 Å². The monoisotopic (exact) mass is 289 g/mol. The standard InChI is InChI=1S/C10H12BrNO2S/c1-12(2)10(13)15-7-14-9-5-3-4-8(11)6-9/h3-6H,7H2,1-2H3. The molecule has 0 saturated heterocycles. The fraction of sp³-hybridized carbons (Fsp3) is 0.300. The third kappa shape index (κ3) is 4.57. The molecule has 0 fully saturated rings. The highest BCUT2D eigenvalue weighted by atomic mass is 79.9. The van der Waals surface area contributed by atoms with Crippen LogP contribution in [0, 0.1) is 0 Å². The van der Waals surface area contributed by atoms with E-state index in [1.165, 1.54) is 4.90 Å². The van der Waals surface area contributed by atoms with Gasteiger partial charge in [0.05, 0.1) is 0 Å². The van der Waals surface area contributed by atoms with E-state index in [0.717, 1.165) is 22.0 Å². The molecular formula is C10H12BrNO2S. The Kier molecular flexibility index (Phi) is 4.98. The smallest absolute Gasteiger partial charge is 0.284 e. The lowest BCUT2D eigenvalue weighted by molar-refractivity contribution is 0.241. The van der Waals surface area contributed by atoms with Crippen LogP contribution in [0.1, 0.15) is 0 Å². The summed E-state index contributed by atoms with van der Waals surface area (Å²) >= 11 is 4.48. The largest absolute Gasteiger partial charge is 0.482 e. The topological polar surface area (TPSA) is 29.5 Å². The van der Waals surface area contributed by atoms with Crippen LogP contribution in [0.15, 0.2) is 28.7 Å². The number of amides is 1. The summed E-state index contributed by atoms with van der Waals surface area (Å²) in [5.74, 6) is 1.08. The van der Waals surface area contributed by atoms with Crippen LogP contribution in [-0.4, -0.2) is 30.2 Å². The quantitative estimate of drug-likeness (QED) is 0.801. The number of benzene rings is 1. The van der Waals surface area contributed by atoms with Gasteiger partial charge in [0.25, 0.3) is 5.24 Å². The lowest BCUT2D eigenvalue weighted by Gasteiger charge is -2.10. The highest BCUT2D eigenvalue weighted by Gasteiger charge is 2.04. The van der Waals surface area contributed by atoms with Crippen molar-refractivity contribution in [3.8, 4) is 5.75 Å². The summed E-state index contributed by atoms with van der Waals surface area (Å²) in [6, 6.07) is 7.52. The second kappa shape index (κ2) is 6.02. The maximum atomic E-state index is 11.2. The van der Waals surface area contributed by atoms with Crippen molar-refractivity contribution in [1.29, 1.82) is 0 Å². The molecule has 5 heteroatoms. The second-order valence-corrected chi connectivity index (χ2v) is 4.81. The molecule has 0 N–H and O–H groups in total. The van der Waals surface area contributed by atoms with E-state index in [1.807, 2.05) is 24.3 Å². The molecule has 1 aromatic carbocycles. The van der Waals surface area contributed by atoms with Crippen molar-refractivity contribution in [3.05, 3.63) is 28.7 Å². The summed E-state index contributed by atoms with van der Waals surface area (Å²) in [5, 5.41) is -0.00926. The number of carbonyl (C=O) groups excluding carboxylic acids is 1. The van der Waals surface area contributed by atoms with Crippen molar-refractivity contribution >= 4 is 32.9 Å². The van der Waals surface area contributed by atoms with Gasteiger partial charge < -0.3 is 9.64 Å². The normalized spacial score (nSPS) is 9.80. The van der Waals surface area contributed by atoms with Gasteiger partial charge >= 0.3 is 0 Å². The van der Waals surface area contributed by atoms with Gasteiger partial charge in [-0.05, 0) is 30.0 Å². The van der Waals surface area contributed by atoms with E-state index in [4.69, 9.17) is 4.74 Å². The molecule has 0 spiro atoms.